The number of fused-ring (bicyclic) bond motifs is 1. The summed E-state index contributed by atoms with van der Waals surface area (Å²) in [6.45, 7) is 2.04. The minimum Gasteiger partial charge on any atom is -0.368 e. The number of hydrogen-bond donors (Lipinski definition) is 1. The van der Waals surface area contributed by atoms with E-state index in [2.05, 4.69) is 39.2 Å². The lowest BCUT2D eigenvalue weighted by molar-refractivity contribution is 0.584. The van der Waals surface area contributed by atoms with E-state index >= 15 is 0 Å². The highest BCUT2D eigenvalue weighted by molar-refractivity contribution is 5.37. The molecule has 0 saturated carbocycles. The van der Waals surface area contributed by atoms with Crippen LogP contribution in [0.4, 0.5) is 5.95 Å². The zero-order chi connectivity index (χ0) is 13.2. The molecule has 0 radical (unpaired) electrons. The Bertz CT molecular complexity index is 594. The lowest BCUT2D eigenvalue weighted by Crippen LogP contribution is -2.16. The molecule has 1 aromatic carbocycles. The molecule has 1 atom stereocenters. The van der Waals surface area contributed by atoms with Gasteiger partial charge in [-0.15, -0.1) is 0 Å². The monoisotopic (exact) mass is 254 g/mol. The fraction of sp³-hybridized carbons (Fsp3) is 0.400. The molecule has 0 aliphatic heterocycles. The van der Waals surface area contributed by atoms with Gasteiger partial charge in [-0.05, 0) is 30.4 Å². The van der Waals surface area contributed by atoms with Crippen molar-refractivity contribution in [2.45, 2.75) is 38.5 Å². The molecule has 19 heavy (non-hydrogen) atoms. The van der Waals surface area contributed by atoms with E-state index in [1.54, 1.807) is 0 Å². The third-order valence-corrected chi connectivity index (χ3v) is 3.71. The predicted molar refractivity (Wildman–Crippen MR) is 74.8 cm³/mol. The standard InChI is InChI=1S/C15H18N4/c1-2-13-17-14(19-15(16)18-13)12-9-5-7-10-6-3-4-8-11(10)12/h3-4,6,8,12H,2,5,7,9H2,1H3,(H2,16,17,18,19). The van der Waals surface area contributed by atoms with E-state index < -0.39 is 0 Å². The Morgan fingerprint density at radius 2 is 2.05 bits per heavy atom. The topological polar surface area (TPSA) is 64.7 Å². The normalized spacial score (nSPS) is 18.1. The van der Waals surface area contributed by atoms with E-state index in [0.717, 1.165) is 30.9 Å². The summed E-state index contributed by atoms with van der Waals surface area (Å²) in [7, 11) is 0. The van der Waals surface area contributed by atoms with Gasteiger partial charge in [0.05, 0.1) is 0 Å². The van der Waals surface area contributed by atoms with Crippen molar-refractivity contribution in [1.29, 1.82) is 0 Å². The SMILES string of the molecule is CCc1nc(N)nc(C2CCCc3ccccc32)n1. The van der Waals surface area contributed by atoms with Gasteiger partial charge in [-0.1, -0.05) is 31.2 Å². The van der Waals surface area contributed by atoms with Crippen molar-refractivity contribution >= 4 is 5.95 Å². The van der Waals surface area contributed by atoms with Crippen LogP contribution in [0.3, 0.4) is 0 Å². The maximum absolute atomic E-state index is 5.80. The van der Waals surface area contributed by atoms with Gasteiger partial charge in [0.2, 0.25) is 5.95 Å². The molecule has 0 fully saturated rings. The third-order valence-electron chi connectivity index (χ3n) is 3.71. The number of benzene rings is 1. The zero-order valence-corrected chi connectivity index (χ0v) is 11.1. The van der Waals surface area contributed by atoms with Crippen LogP contribution in [0, 0.1) is 0 Å². The fourth-order valence-electron chi connectivity index (χ4n) is 2.79. The molecule has 1 aliphatic carbocycles. The van der Waals surface area contributed by atoms with Crippen molar-refractivity contribution in [1.82, 2.24) is 15.0 Å². The number of aryl methyl sites for hydroxylation is 2. The van der Waals surface area contributed by atoms with E-state index in [-0.39, 0.29) is 5.92 Å². The van der Waals surface area contributed by atoms with Crippen LogP contribution >= 0.6 is 0 Å². The van der Waals surface area contributed by atoms with Crippen molar-refractivity contribution in [3.63, 3.8) is 0 Å². The molecule has 0 spiro atoms. The Morgan fingerprint density at radius 1 is 1.21 bits per heavy atom. The summed E-state index contributed by atoms with van der Waals surface area (Å²) in [6, 6.07) is 8.57. The average Bonchev–Trinajstić information content (AvgIpc) is 2.46. The number of nitrogens with two attached hydrogens (primary N) is 1. The van der Waals surface area contributed by atoms with Crippen LogP contribution in [0.15, 0.2) is 24.3 Å². The highest BCUT2D eigenvalue weighted by Crippen LogP contribution is 2.34. The Hall–Kier alpha value is -1.97. The van der Waals surface area contributed by atoms with Crippen LogP contribution in [0.5, 0.6) is 0 Å². The second-order valence-electron chi connectivity index (χ2n) is 4.97. The van der Waals surface area contributed by atoms with Gasteiger partial charge < -0.3 is 5.73 Å². The summed E-state index contributed by atoms with van der Waals surface area (Å²) >= 11 is 0. The number of nitrogen functional groups attached to an aromatic ring is 1. The molecule has 1 aliphatic rings. The van der Waals surface area contributed by atoms with Crippen LogP contribution in [0.1, 0.15) is 48.5 Å². The van der Waals surface area contributed by atoms with Gasteiger partial charge in [0.25, 0.3) is 0 Å². The van der Waals surface area contributed by atoms with Gasteiger partial charge in [0.15, 0.2) is 0 Å². The first-order chi connectivity index (χ1) is 9.28. The predicted octanol–water partition coefficient (Wildman–Crippen LogP) is 2.48. The summed E-state index contributed by atoms with van der Waals surface area (Å²) < 4.78 is 0. The largest absolute Gasteiger partial charge is 0.368 e. The summed E-state index contributed by atoms with van der Waals surface area (Å²) in [6.07, 6.45) is 4.19. The third kappa shape index (κ3) is 2.30. The highest BCUT2D eigenvalue weighted by Gasteiger charge is 2.24. The van der Waals surface area contributed by atoms with Gasteiger partial charge in [-0.3, -0.25) is 0 Å². The summed E-state index contributed by atoms with van der Waals surface area (Å²) in [5, 5.41) is 0. The lowest BCUT2D eigenvalue weighted by Gasteiger charge is -2.24. The first kappa shape index (κ1) is 12.1. The maximum atomic E-state index is 5.80. The Labute approximate surface area is 113 Å². The maximum Gasteiger partial charge on any atom is 0.223 e. The zero-order valence-electron chi connectivity index (χ0n) is 11.1. The molecule has 4 heteroatoms. The minimum atomic E-state index is 0.264. The smallest absolute Gasteiger partial charge is 0.223 e. The lowest BCUT2D eigenvalue weighted by atomic mass is 9.82. The fourth-order valence-corrected chi connectivity index (χ4v) is 2.79. The quantitative estimate of drug-likeness (QED) is 0.894. The molecule has 0 saturated heterocycles. The summed E-state index contributed by atoms with van der Waals surface area (Å²) in [4.78, 5) is 13.1. The molecule has 2 aromatic rings. The van der Waals surface area contributed by atoms with Crippen LogP contribution in [0.2, 0.25) is 0 Å². The van der Waals surface area contributed by atoms with Gasteiger partial charge in [0.1, 0.15) is 11.6 Å². The second-order valence-corrected chi connectivity index (χ2v) is 4.97. The number of aromatic nitrogens is 3. The first-order valence-electron chi connectivity index (χ1n) is 6.86. The van der Waals surface area contributed by atoms with Crippen molar-refractivity contribution < 1.29 is 0 Å². The molecule has 98 valence electrons. The van der Waals surface area contributed by atoms with Gasteiger partial charge >= 0.3 is 0 Å². The average molecular weight is 254 g/mol. The van der Waals surface area contributed by atoms with E-state index in [9.17, 15) is 0 Å². The van der Waals surface area contributed by atoms with Crippen LogP contribution in [-0.2, 0) is 12.8 Å². The molecule has 0 bridgehead atoms. The Kier molecular flexibility index (Phi) is 3.15. The molecular formula is C15H18N4. The number of anilines is 1. The van der Waals surface area contributed by atoms with Crippen molar-refractivity contribution in [3.8, 4) is 0 Å². The van der Waals surface area contributed by atoms with Gasteiger partial charge in [0, 0.05) is 12.3 Å². The summed E-state index contributed by atoms with van der Waals surface area (Å²) in [5.41, 5.74) is 8.56. The molecule has 4 nitrogen and oxygen atoms in total. The van der Waals surface area contributed by atoms with Crippen LogP contribution in [-0.4, -0.2) is 15.0 Å². The Balaban J connectivity index is 2.06. The van der Waals surface area contributed by atoms with Crippen LogP contribution < -0.4 is 5.73 Å². The number of rotatable bonds is 2. The minimum absolute atomic E-state index is 0.264. The highest BCUT2D eigenvalue weighted by atomic mass is 15.1. The van der Waals surface area contributed by atoms with Crippen molar-refractivity contribution in [2.24, 2.45) is 0 Å². The first-order valence-corrected chi connectivity index (χ1v) is 6.86. The van der Waals surface area contributed by atoms with E-state index in [1.807, 2.05) is 6.92 Å². The molecule has 1 unspecified atom stereocenters. The second kappa shape index (κ2) is 4.96. The van der Waals surface area contributed by atoms with Crippen molar-refractivity contribution in [3.05, 3.63) is 47.0 Å². The number of nitrogens with zero attached hydrogens (tertiary/aromatic N) is 3. The number of hydrogen-bond acceptors (Lipinski definition) is 4. The van der Waals surface area contributed by atoms with Crippen LogP contribution in [0.25, 0.3) is 0 Å². The molecule has 3 rings (SSSR count). The molecular weight excluding hydrogens is 236 g/mol. The summed E-state index contributed by atoms with van der Waals surface area (Å²) in [5.74, 6) is 2.22. The molecule has 1 aromatic heterocycles. The molecule has 0 amide bonds. The van der Waals surface area contributed by atoms with Gasteiger partial charge in [-0.2, -0.15) is 9.97 Å². The van der Waals surface area contributed by atoms with E-state index in [1.165, 1.54) is 17.5 Å². The Morgan fingerprint density at radius 3 is 2.89 bits per heavy atom. The van der Waals surface area contributed by atoms with Gasteiger partial charge in [-0.25, -0.2) is 4.98 Å². The molecule has 1 heterocycles. The molecule has 2 N–H and O–H groups in total. The van der Waals surface area contributed by atoms with Crippen molar-refractivity contribution in [2.75, 3.05) is 5.73 Å². The van der Waals surface area contributed by atoms with E-state index in [4.69, 9.17) is 5.73 Å². The van der Waals surface area contributed by atoms with E-state index in [0.29, 0.717) is 5.95 Å².